The molecule has 0 saturated carbocycles. The van der Waals surface area contributed by atoms with E-state index in [0.29, 0.717) is 29.5 Å². The largest absolute Gasteiger partial charge is 0.492 e. The van der Waals surface area contributed by atoms with Crippen molar-refractivity contribution in [1.82, 2.24) is 4.90 Å². The quantitative estimate of drug-likeness (QED) is 0.107. The highest BCUT2D eigenvalue weighted by atomic mass is 35.5. The van der Waals surface area contributed by atoms with Gasteiger partial charge in [-0.05, 0) is 99.7 Å². The summed E-state index contributed by atoms with van der Waals surface area (Å²) >= 11 is 12.3. The van der Waals surface area contributed by atoms with Gasteiger partial charge >= 0.3 is 11.9 Å². The Bertz CT molecular complexity index is 1280. The predicted octanol–water partition coefficient (Wildman–Crippen LogP) is 9.08. The summed E-state index contributed by atoms with van der Waals surface area (Å²) in [4.78, 5) is 26.4. The molecule has 1 unspecified atom stereocenters. The lowest BCUT2D eigenvalue weighted by molar-refractivity contribution is -0.155. The molecule has 0 bridgehead atoms. The van der Waals surface area contributed by atoms with Crippen LogP contribution in [0, 0.1) is 0 Å². The highest BCUT2D eigenvalue weighted by Gasteiger charge is 2.19. The van der Waals surface area contributed by atoms with E-state index in [1.54, 1.807) is 0 Å². The van der Waals surface area contributed by atoms with Gasteiger partial charge in [0.2, 0.25) is 0 Å². The van der Waals surface area contributed by atoms with Crippen LogP contribution < -0.4 is 4.74 Å². The van der Waals surface area contributed by atoms with Crippen LogP contribution in [0.1, 0.15) is 87.8 Å². The summed E-state index contributed by atoms with van der Waals surface area (Å²) in [7, 11) is 3.51. The number of likely N-dealkylation sites (N-methyl/N-ethyl adjacent to an activating group) is 1. The topological polar surface area (TPSA) is 65.1 Å². The Morgan fingerprint density at radius 2 is 1.33 bits per heavy atom. The molecule has 0 N–H and O–H groups in total. The second-order valence-corrected chi connectivity index (χ2v) is 13.4. The molecule has 0 spiro atoms. The molecule has 0 saturated heterocycles. The molecule has 0 radical (unpaired) electrons. The lowest BCUT2D eigenvalue weighted by Crippen LogP contribution is -2.29. The maximum Gasteiger partial charge on any atom is 0.306 e. The van der Waals surface area contributed by atoms with Crippen LogP contribution in [0.3, 0.4) is 0 Å². The number of methoxy groups -OCH3 is 1. The summed E-state index contributed by atoms with van der Waals surface area (Å²) in [6.07, 6.45) is 4.11. The van der Waals surface area contributed by atoms with Gasteiger partial charge in [0.1, 0.15) is 18.0 Å². The van der Waals surface area contributed by atoms with Crippen LogP contribution >= 0.6 is 23.2 Å². The van der Waals surface area contributed by atoms with Gasteiger partial charge in [-0.25, -0.2) is 0 Å². The first kappa shape index (κ1) is 36.4. The first-order valence-electron chi connectivity index (χ1n) is 15.6. The number of halogens is 2. The molecule has 0 heterocycles. The Kier molecular flexibility index (Phi) is 14.7. The minimum absolute atomic E-state index is 0.0387. The zero-order valence-corrected chi connectivity index (χ0v) is 28.7. The number of ether oxygens (including phenoxy) is 3. The van der Waals surface area contributed by atoms with Crippen LogP contribution in [0.15, 0.2) is 72.8 Å². The van der Waals surface area contributed by atoms with E-state index in [1.165, 1.54) is 18.2 Å². The molecule has 1 atom stereocenters. The zero-order valence-electron chi connectivity index (χ0n) is 27.2. The Hall–Kier alpha value is -3.06. The Balaban J connectivity index is 1.51. The number of esters is 2. The molecule has 3 aromatic carbocycles. The fourth-order valence-electron chi connectivity index (χ4n) is 5.25. The van der Waals surface area contributed by atoms with Crippen LogP contribution in [-0.2, 0) is 19.1 Å². The highest BCUT2D eigenvalue weighted by Crippen LogP contribution is 2.30. The lowest BCUT2D eigenvalue weighted by Gasteiger charge is -2.25. The van der Waals surface area contributed by atoms with Gasteiger partial charge in [0.25, 0.3) is 0 Å². The number of hydrogen-bond donors (Lipinski definition) is 0. The molecular formula is C37H47Cl2NO5. The third-order valence-corrected chi connectivity index (χ3v) is 8.13. The van der Waals surface area contributed by atoms with Gasteiger partial charge < -0.3 is 19.1 Å². The summed E-state index contributed by atoms with van der Waals surface area (Å²) in [6, 6.07) is 24.0. The monoisotopic (exact) mass is 655 g/mol. The molecule has 45 heavy (non-hydrogen) atoms. The van der Waals surface area contributed by atoms with Crippen LogP contribution in [0.4, 0.5) is 0 Å². The van der Waals surface area contributed by atoms with E-state index in [0.717, 1.165) is 50.1 Å². The van der Waals surface area contributed by atoms with Gasteiger partial charge in [-0.1, -0.05) is 72.4 Å². The van der Waals surface area contributed by atoms with E-state index >= 15 is 0 Å². The van der Waals surface area contributed by atoms with E-state index in [1.807, 2.05) is 69.3 Å². The second kappa shape index (κ2) is 18.2. The minimum Gasteiger partial charge on any atom is -0.492 e. The van der Waals surface area contributed by atoms with Crippen molar-refractivity contribution >= 4 is 35.1 Å². The van der Waals surface area contributed by atoms with Crippen molar-refractivity contribution in [2.75, 3.05) is 33.9 Å². The van der Waals surface area contributed by atoms with Gasteiger partial charge in [-0.3, -0.25) is 9.59 Å². The van der Waals surface area contributed by atoms with E-state index in [2.05, 4.69) is 36.2 Å². The van der Waals surface area contributed by atoms with Crippen molar-refractivity contribution in [3.8, 4) is 5.75 Å². The molecule has 3 rings (SSSR count). The maximum absolute atomic E-state index is 12.1. The maximum atomic E-state index is 12.1. The molecule has 244 valence electrons. The molecule has 8 heteroatoms. The fraction of sp³-hybridized carbons (Fsp3) is 0.459. The molecule has 0 aliphatic rings. The van der Waals surface area contributed by atoms with Crippen LogP contribution in [0.5, 0.6) is 5.75 Å². The van der Waals surface area contributed by atoms with Crippen molar-refractivity contribution in [2.45, 2.75) is 76.7 Å². The van der Waals surface area contributed by atoms with Crippen molar-refractivity contribution in [1.29, 1.82) is 0 Å². The summed E-state index contributed by atoms with van der Waals surface area (Å²) in [5.74, 6) is 0.587. The number of hydrogen-bond acceptors (Lipinski definition) is 6. The fourth-order valence-corrected chi connectivity index (χ4v) is 5.50. The average Bonchev–Trinajstić information content (AvgIpc) is 2.99. The summed E-state index contributed by atoms with van der Waals surface area (Å²) in [6.45, 7) is 7.71. The van der Waals surface area contributed by atoms with Crippen molar-refractivity contribution in [2.24, 2.45) is 0 Å². The van der Waals surface area contributed by atoms with E-state index in [4.69, 9.17) is 37.4 Å². The summed E-state index contributed by atoms with van der Waals surface area (Å²) in [5.41, 5.74) is 2.99. The van der Waals surface area contributed by atoms with Gasteiger partial charge in [-0.15, -0.1) is 0 Å². The van der Waals surface area contributed by atoms with Gasteiger partial charge in [0, 0.05) is 35.5 Å². The van der Waals surface area contributed by atoms with Crippen LogP contribution in [-0.4, -0.2) is 56.3 Å². The Morgan fingerprint density at radius 1 is 0.778 bits per heavy atom. The number of carbonyl (C=O) groups is 2. The lowest BCUT2D eigenvalue weighted by atomic mass is 9.90. The summed E-state index contributed by atoms with van der Waals surface area (Å²) < 4.78 is 16.4. The molecular weight excluding hydrogens is 609 g/mol. The van der Waals surface area contributed by atoms with Gasteiger partial charge in [-0.2, -0.15) is 0 Å². The van der Waals surface area contributed by atoms with Gasteiger partial charge in [0.05, 0.1) is 13.5 Å². The third kappa shape index (κ3) is 13.4. The van der Waals surface area contributed by atoms with Gasteiger partial charge in [0.15, 0.2) is 0 Å². The van der Waals surface area contributed by atoms with E-state index < -0.39 is 5.60 Å². The molecule has 0 aliphatic carbocycles. The summed E-state index contributed by atoms with van der Waals surface area (Å²) in [5, 5.41) is 1.43. The molecule has 0 aliphatic heterocycles. The predicted molar refractivity (Wildman–Crippen MR) is 182 cm³/mol. The Labute approximate surface area is 279 Å². The standard InChI is InChI=1S/C37H47Cl2NO5/c1-37(2,3)45-35(41)10-8-6-7-9-30(25-36(42)43-5)27-15-21-33(22-16-27)44-24-23-40(4)26-34(28-11-17-31(38)18-12-28)29-13-19-32(39)20-14-29/h11-22,30,34H,6-10,23-26H2,1-5H3. The minimum atomic E-state index is -0.465. The van der Waals surface area contributed by atoms with E-state index in [9.17, 15) is 9.59 Å². The third-order valence-electron chi connectivity index (χ3n) is 7.63. The number of nitrogens with zero attached hydrogens (tertiary/aromatic N) is 1. The molecule has 3 aromatic rings. The number of rotatable bonds is 17. The number of carbonyl (C=O) groups excluding carboxylic acids is 2. The average molecular weight is 657 g/mol. The second-order valence-electron chi connectivity index (χ2n) is 12.5. The molecule has 0 fully saturated rings. The van der Waals surface area contributed by atoms with E-state index in [-0.39, 0.29) is 23.8 Å². The van der Waals surface area contributed by atoms with Crippen molar-refractivity contribution in [3.05, 3.63) is 99.5 Å². The van der Waals surface area contributed by atoms with Crippen LogP contribution in [0.2, 0.25) is 10.0 Å². The SMILES string of the molecule is COC(=O)CC(CCCCCC(=O)OC(C)(C)C)c1ccc(OCCN(C)CC(c2ccc(Cl)cc2)c2ccc(Cl)cc2)cc1. The van der Waals surface area contributed by atoms with Crippen molar-refractivity contribution in [3.63, 3.8) is 0 Å². The first-order valence-corrected chi connectivity index (χ1v) is 16.4. The normalized spacial score (nSPS) is 12.3. The highest BCUT2D eigenvalue weighted by molar-refractivity contribution is 6.30. The molecule has 0 amide bonds. The molecule has 6 nitrogen and oxygen atoms in total. The van der Waals surface area contributed by atoms with Crippen molar-refractivity contribution < 1.29 is 23.8 Å². The Morgan fingerprint density at radius 3 is 1.87 bits per heavy atom. The zero-order chi connectivity index (χ0) is 32.8. The van der Waals surface area contributed by atoms with Crippen LogP contribution in [0.25, 0.3) is 0 Å². The first-order chi connectivity index (χ1) is 21.4. The number of unbranched alkanes of at least 4 members (excludes halogenated alkanes) is 2. The molecule has 0 aromatic heterocycles. The smallest absolute Gasteiger partial charge is 0.306 e. The number of benzene rings is 3.